The zero-order valence-corrected chi connectivity index (χ0v) is 18.6. The lowest BCUT2D eigenvalue weighted by Gasteiger charge is -2.24. The van der Waals surface area contributed by atoms with Gasteiger partial charge in [-0.3, -0.25) is 4.40 Å². The number of nitrogens with two attached hydrogens (primary N) is 1. The normalized spacial score (nSPS) is 18.4. The Labute approximate surface area is 192 Å². The molecule has 0 radical (unpaired) electrons. The molecule has 33 heavy (non-hydrogen) atoms. The van der Waals surface area contributed by atoms with E-state index in [2.05, 4.69) is 4.98 Å². The van der Waals surface area contributed by atoms with Crippen LogP contribution in [0, 0.1) is 0 Å². The van der Waals surface area contributed by atoms with E-state index in [1.165, 1.54) is 0 Å². The van der Waals surface area contributed by atoms with E-state index in [1.807, 2.05) is 65.9 Å². The molecule has 0 saturated heterocycles. The van der Waals surface area contributed by atoms with E-state index in [4.69, 9.17) is 20.2 Å². The van der Waals surface area contributed by atoms with Gasteiger partial charge in [0, 0.05) is 11.5 Å². The highest BCUT2D eigenvalue weighted by Crippen LogP contribution is 2.39. The largest absolute Gasteiger partial charge is 0.478 e. The summed E-state index contributed by atoms with van der Waals surface area (Å²) in [4.78, 5) is 9.45. The number of anilines is 1. The fourth-order valence-corrected chi connectivity index (χ4v) is 4.50. The van der Waals surface area contributed by atoms with Gasteiger partial charge in [0.2, 0.25) is 5.88 Å². The first-order valence-corrected chi connectivity index (χ1v) is 11.4. The van der Waals surface area contributed by atoms with Crippen molar-refractivity contribution in [2.24, 2.45) is 0 Å². The van der Waals surface area contributed by atoms with Crippen LogP contribution in [0.3, 0.4) is 0 Å². The number of aromatic nitrogens is 3. The number of fused-ring (bicyclic) bond motifs is 1. The number of ether oxygens (including phenoxy) is 2. The monoisotopic (exact) mass is 444 g/mol. The topological polar surface area (TPSA) is 94.9 Å². The van der Waals surface area contributed by atoms with Crippen LogP contribution in [0.2, 0.25) is 0 Å². The average Bonchev–Trinajstić information content (AvgIpc) is 3.24. The molecule has 0 amide bonds. The fourth-order valence-electron chi connectivity index (χ4n) is 4.50. The van der Waals surface area contributed by atoms with Gasteiger partial charge in [0.05, 0.1) is 18.9 Å². The Morgan fingerprint density at radius 2 is 1.70 bits per heavy atom. The van der Waals surface area contributed by atoms with Crippen molar-refractivity contribution in [1.29, 1.82) is 0 Å². The Kier molecular flexibility index (Phi) is 5.88. The lowest BCUT2D eigenvalue weighted by Crippen LogP contribution is -2.19. The smallest absolute Gasteiger partial charge is 0.218 e. The second-order valence-corrected chi connectivity index (χ2v) is 8.36. The molecule has 0 aliphatic heterocycles. The van der Waals surface area contributed by atoms with Gasteiger partial charge >= 0.3 is 0 Å². The van der Waals surface area contributed by atoms with E-state index in [0.29, 0.717) is 18.3 Å². The summed E-state index contributed by atoms with van der Waals surface area (Å²) in [5, 5.41) is 9.99. The first-order chi connectivity index (χ1) is 16.1. The van der Waals surface area contributed by atoms with Crippen molar-refractivity contribution in [1.82, 2.24) is 14.4 Å². The molecule has 7 heteroatoms. The molecule has 4 aromatic rings. The molecule has 0 atom stereocenters. The maximum atomic E-state index is 9.99. The number of nitrogens with zero attached hydrogens (tertiary/aromatic N) is 3. The second-order valence-electron chi connectivity index (χ2n) is 8.36. The van der Waals surface area contributed by atoms with Crippen molar-refractivity contribution in [2.75, 3.05) is 12.3 Å². The molecule has 5 rings (SSSR count). The Balaban J connectivity index is 1.57. The van der Waals surface area contributed by atoms with Gasteiger partial charge in [0.25, 0.3) is 0 Å². The van der Waals surface area contributed by atoms with Crippen LogP contribution >= 0.6 is 0 Å². The van der Waals surface area contributed by atoms with Crippen molar-refractivity contribution < 1.29 is 14.6 Å². The van der Waals surface area contributed by atoms with Crippen LogP contribution in [0.15, 0.2) is 60.8 Å². The zero-order chi connectivity index (χ0) is 22.8. The average molecular weight is 445 g/mol. The fraction of sp³-hybridized carbons (Fsp3) is 0.308. The first-order valence-electron chi connectivity index (χ1n) is 11.4. The van der Waals surface area contributed by atoms with Crippen molar-refractivity contribution in [2.45, 2.75) is 44.6 Å². The van der Waals surface area contributed by atoms with E-state index >= 15 is 0 Å². The lowest BCUT2D eigenvalue weighted by molar-refractivity contribution is 0.121. The molecule has 2 heterocycles. The Hall–Kier alpha value is -3.58. The number of hydrogen-bond acceptors (Lipinski definition) is 6. The molecular formula is C26H28N4O3. The predicted molar refractivity (Wildman–Crippen MR) is 128 cm³/mol. The minimum atomic E-state index is -0.234. The zero-order valence-electron chi connectivity index (χ0n) is 18.6. The van der Waals surface area contributed by atoms with Crippen molar-refractivity contribution in [3.8, 4) is 28.6 Å². The number of benzene rings is 2. The van der Waals surface area contributed by atoms with Gasteiger partial charge in [-0.2, -0.15) is 0 Å². The van der Waals surface area contributed by atoms with E-state index in [1.54, 1.807) is 6.20 Å². The molecular weight excluding hydrogens is 416 g/mol. The van der Waals surface area contributed by atoms with Crippen molar-refractivity contribution in [3.05, 3.63) is 66.6 Å². The Morgan fingerprint density at radius 3 is 2.39 bits per heavy atom. The summed E-state index contributed by atoms with van der Waals surface area (Å²) in [6, 6.07) is 17.5. The van der Waals surface area contributed by atoms with Crippen LogP contribution in [0.25, 0.3) is 16.8 Å². The summed E-state index contributed by atoms with van der Waals surface area (Å²) in [7, 11) is 0. The number of aliphatic hydroxyl groups is 1. The summed E-state index contributed by atoms with van der Waals surface area (Å²) in [6.45, 7) is 2.46. The highest BCUT2D eigenvalue weighted by molar-refractivity contribution is 5.86. The summed E-state index contributed by atoms with van der Waals surface area (Å²) < 4.78 is 13.8. The Bertz CT molecular complexity index is 1230. The van der Waals surface area contributed by atoms with Gasteiger partial charge in [-0.1, -0.05) is 18.2 Å². The van der Waals surface area contributed by atoms with E-state index < -0.39 is 0 Å². The summed E-state index contributed by atoms with van der Waals surface area (Å²) in [5.41, 5.74) is 8.81. The van der Waals surface area contributed by atoms with Crippen LogP contribution in [-0.2, 0) is 0 Å². The van der Waals surface area contributed by atoms with E-state index in [9.17, 15) is 5.11 Å². The third kappa shape index (κ3) is 4.24. The SMILES string of the molecule is CCOc1cnc(N)c2c(-c3ccc(Oc4ccccc4)cc3)nc(C3CCC(O)CC3)n12. The number of para-hydroxylation sites is 1. The van der Waals surface area contributed by atoms with Crippen LogP contribution in [0.4, 0.5) is 5.82 Å². The molecule has 2 aromatic carbocycles. The molecule has 1 saturated carbocycles. The van der Waals surface area contributed by atoms with Crippen LogP contribution in [0.1, 0.15) is 44.3 Å². The number of rotatable bonds is 6. The molecule has 0 spiro atoms. The van der Waals surface area contributed by atoms with Gasteiger partial charge < -0.3 is 20.3 Å². The quantitative estimate of drug-likeness (QED) is 0.425. The van der Waals surface area contributed by atoms with E-state index in [-0.39, 0.29) is 12.0 Å². The maximum absolute atomic E-state index is 9.99. The number of aliphatic hydroxyl groups excluding tert-OH is 1. The minimum absolute atomic E-state index is 0.219. The number of nitrogen functional groups attached to an aromatic ring is 1. The molecule has 0 bridgehead atoms. The van der Waals surface area contributed by atoms with Crippen molar-refractivity contribution in [3.63, 3.8) is 0 Å². The predicted octanol–water partition coefficient (Wildman–Crippen LogP) is 5.19. The van der Waals surface area contributed by atoms with Gasteiger partial charge in [0.1, 0.15) is 34.4 Å². The van der Waals surface area contributed by atoms with Gasteiger partial charge in [-0.15, -0.1) is 0 Å². The third-order valence-corrected chi connectivity index (χ3v) is 6.14. The highest BCUT2D eigenvalue weighted by Gasteiger charge is 2.28. The molecule has 170 valence electrons. The second kappa shape index (κ2) is 9.11. The van der Waals surface area contributed by atoms with Gasteiger partial charge in [-0.25, -0.2) is 9.97 Å². The van der Waals surface area contributed by atoms with Crippen LogP contribution in [0.5, 0.6) is 17.4 Å². The molecule has 1 aliphatic carbocycles. The summed E-state index contributed by atoms with van der Waals surface area (Å²) in [5.74, 6) is 3.70. The number of imidazole rings is 1. The summed E-state index contributed by atoms with van der Waals surface area (Å²) in [6.07, 6.45) is 4.71. The summed E-state index contributed by atoms with van der Waals surface area (Å²) >= 11 is 0. The molecule has 0 unspecified atom stereocenters. The van der Waals surface area contributed by atoms with Crippen LogP contribution in [-0.4, -0.2) is 32.2 Å². The molecule has 7 nitrogen and oxygen atoms in total. The first kappa shape index (κ1) is 21.3. The Morgan fingerprint density at radius 1 is 1.00 bits per heavy atom. The highest BCUT2D eigenvalue weighted by atomic mass is 16.5. The lowest BCUT2D eigenvalue weighted by atomic mass is 9.87. The third-order valence-electron chi connectivity index (χ3n) is 6.14. The van der Waals surface area contributed by atoms with Crippen molar-refractivity contribution >= 4 is 11.3 Å². The maximum Gasteiger partial charge on any atom is 0.218 e. The number of hydrogen-bond donors (Lipinski definition) is 2. The van der Waals surface area contributed by atoms with Gasteiger partial charge in [0.15, 0.2) is 0 Å². The van der Waals surface area contributed by atoms with Gasteiger partial charge in [-0.05, 0) is 69.0 Å². The standard InChI is InChI=1S/C26H28N4O3/c1-2-32-22-16-28-25(27)24-23(29-26(30(22)24)18-8-12-19(31)13-9-18)17-10-14-21(15-11-17)33-20-6-4-3-5-7-20/h3-7,10-11,14-16,18-19,31H,2,8-9,12-13H2,1H3,(H2,27,28). The molecule has 1 fully saturated rings. The minimum Gasteiger partial charge on any atom is -0.478 e. The van der Waals surface area contributed by atoms with Crippen LogP contribution < -0.4 is 15.2 Å². The molecule has 3 N–H and O–H groups in total. The molecule has 2 aromatic heterocycles. The van der Waals surface area contributed by atoms with E-state index in [0.717, 1.165) is 59.8 Å². The molecule has 1 aliphatic rings.